The van der Waals surface area contributed by atoms with E-state index in [4.69, 9.17) is 11.6 Å². The molecule has 0 N–H and O–H groups in total. The zero-order chi connectivity index (χ0) is 14.5. The van der Waals surface area contributed by atoms with Gasteiger partial charge < -0.3 is 0 Å². The van der Waals surface area contributed by atoms with Crippen molar-refractivity contribution in [2.75, 3.05) is 5.75 Å². The second-order valence-corrected chi connectivity index (χ2v) is 6.18. The Bertz CT molecular complexity index is 641. The van der Waals surface area contributed by atoms with Gasteiger partial charge in [0.2, 0.25) is 0 Å². The number of hydrogen-bond donors (Lipinski definition) is 0. The molecule has 1 unspecified atom stereocenters. The highest BCUT2D eigenvalue weighted by Gasteiger charge is 2.11. The Hall–Kier alpha value is -1.52. The van der Waals surface area contributed by atoms with E-state index in [1.54, 1.807) is 36.4 Å². The van der Waals surface area contributed by atoms with Crippen molar-refractivity contribution in [3.05, 3.63) is 64.9 Å². The fraction of sp³-hybridized carbons (Fsp3) is 0.133. The second kappa shape index (κ2) is 6.77. The molecule has 0 saturated carbocycles. The number of halogens is 2. The fourth-order valence-corrected chi connectivity index (χ4v) is 3.02. The van der Waals surface area contributed by atoms with E-state index < -0.39 is 10.8 Å². The lowest BCUT2D eigenvalue weighted by Crippen LogP contribution is -2.13. The molecule has 0 aromatic heterocycles. The van der Waals surface area contributed by atoms with Crippen LogP contribution in [0.1, 0.15) is 5.56 Å². The Morgan fingerprint density at radius 3 is 2.50 bits per heavy atom. The maximum atomic E-state index is 12.7. The molecule has 0 radical (unpaired) electrons. The van der Waals surface area contributed by atoms with Crippen molar-refractivity contribution in [3.63, 3.8) is 0 Å². The summed E-state index contributed by atoms with van der Waals surface area (Å²) < 4.78 is 24.8. The topological polar surface area (TPSA) is 34.1 Å². The number of ketones is 1. The molecule has 0 aliphatic heterocycles. The number of carbonyl (C=O) groups is 1. The van der Waals surface area contributed by atoms with Crippen molar-refractivity contribution in [3.8, 4) is 0 Å². The zero-order valence-corrected chi connectivity index (χ0v) is 12.1. The first kappa shape index (κ1) is 14.9. The highest BCUT2D eigenvalue weighted by molar-refractivity contribution is 7.85. The summed E-state index contributed by atoms with van der Waals surface area (Å²) in [6.07, 6.45) is 0.145. The van der Waals surface area contributed by atoms with Crippen LogP contribution in [0.2, 0.25) is 5.02 Å². The van der Waals surface area contributed by atoms with Crippen molar-refractivity contribution in [2.45, 2.75) is 11.3 Å². The van der Waals surface area contributed by atoms with E-state index in [1.807, 2.05) is 0 Å². The van der Waals surface area contributed by atoms with Crippen LogP contribution in [0.4, 0.5) is 4.39 Å². The third-order valence-electron chi connectivity index (χ3n) is 2.67. The Labute approximate surface area is 124 Å². The van der Waals surface area contributed by atoms with Gasteiger partial charge in [0.25, 0.3) is 0 Å². The average molecular weight is 311 g/mol. The molecule has 1 atom stereocenters. The summed E-state index contributed by atoms with van der Waals surface area (Å²) >= 11 is 5.82. The summed E-state index contributed by atoms with van der Waals surface area (Å²) in [6, 6.07) is 12.3. The minimum atomic E-state index is -1.41. The van der Waals surface area contributed by atoms with E-state index in [1.165, 1.54) is 12.1 Å². The molecule has 5 heteroatoms. The molecule has 0 saturated heterocycles. The van der Waals surface area contributed by atoms with Gasteiger partial charge in [-0.15, -0.1) is 0 Å². The molecular weight excluding hydrogens is 299 g/mol. The summed E-state index contributed by atoms with van der Waals surface area (Å²) in [4.78, 5) is 12.4. The van der Waals surface area contributed by atoms with Gasteiger partial charge in [0.05, 0.1) is 16.6 Å². The summed E-state index contributed by atoms with van der Waals surface area (Å²) in [6.45, 7) is 0. The smallest absolute Gasteiger partial charge is 0.150 e. The monoisotopic (exact) mass is 310 g/mol. The van der Waals surface area contributed by atoms with Crippen LogP contribution in [-0.2, 0) is 22.0 Å². The Morgan fingerprint density at radius 1 is 1.15 bits per heavy atom. The fourth-order valence-electron chi connectivity index (χ4n) is 1.72. The summed E-state index contributed by atoms with van der Waals surface area (Å²) in [5, 5.41) is 0.488. The minimum Gasteiger partial charge on any atom is -0.298 e. The number of hydrogen-bond acceptors (Lipinski definition) is 2. The molecule has 0 fully saturated rings. The minimum absolute atomic E-state index is 0.0717. The standard InChI is InChI=1S/C15H12ClFO2S/c16-12-2-1-3-15(9-12)20(19)10-14(18)8-11-4-6-13(17)7-5-11/h1-7,9H,8,10H2. The zero-order valence-electron chi connectivity index (χ0n) is 10.5. The van der Waals surface area contributed by atoms with Crippen LogP contribution in [0.25, 0.3) is 0 Å². The van der Waals surface area contributed by atoms with E-state index in [0.717, 1.165) is 0 Å². The van der Waals surface area contributed by atoms with Crippen LogP contribution in [-0.4, -0.2) is 15.7 Å². The molecule has 0 aliphatic rings. The molecule has 2 nitrogen and oxygen atoms in total. The summed E-state index contributed by atoms with van der Waals surface area (Å²) in [5.74, 6) is -0.573. The highest BCUT2D eigenvalue weighted by Crippen LogP contribution is 2.14. The molecule has 2 aromatic rings. The molecule has 0 aliphatic carbocycles. The maximum absolute atomic E-state index is 12.7. The number of Topliss-reactive ketones (excluding diaryl/α,β-unsaturated/α-hetero) is 1. The van der Waals surface area contributed by atoms with Crippen molar-refractivity contribution in [1.29, 1.82) is 0 Å². The van der Waals surface area contributed by atoms with Gasteiger partial charge in [0.15, 0.2) is 0 Å². The van der Waals surface area contributed by atoms with E-state index in [0.29, 0.717) is 15.5 Å². The lowest BCUT2D eigenvalue weighted by Gasteiger charge is -2.03. The molecule has 0 heterocycles. The van der Waals surface area contributed by atoms with Gasteiger partial charge in [-0.2, -0.15) is 0 Å². The SMILES string of the molecule is O=C(Cc1ccc(F)cc1)CS(=O)c1cccc(Cl)c1. The molecule has 0 spiro atoms. The Morgan fingerprint density at radius 2 is 1.85 bits per heavy atom. The second-order valence-electron chi connectivity index (χ2n) is 4.29. The number of rotatable bonds is 5. The van der Waals surface area contributed by atoms with Crippen molar-refractivity contribution in [1.82, 2.24) is 0 Å². The molecule has 0 bridgehead atoms. The van der Waals surface area contributed by atoms with Gasteiger partial charge in [-0.25, -0.2) is 4.39 Å². The van der Waals surface area contributed by atoms with Crippen LogP contribution < -0.4 is 0 Å². The van der Waals surface area contributed by atoms with Crippen molar-refractivity contribution < 1.29 is 13.4 Å². The van der Waals surface area contributed by atoms with Gasteiger partial charge in [-0.1, -0.05) is 29.8 Å². The normalized spacial score (nSPS) is 12.1. The maximum Gasteiger partial charge on any atom is 0.150 e. The molecule has 20 heavy (non-hydrogen) atoms. The lowest BCUT2D eigenvalue weighted by molar-refractivity contribution is -0.116. The number of benzene rings is 2. The van der Waals surface area contributed by atoms with Gasteiger partial charge in [-0.3, -0.25) is 9.00 Å². The van der Waals surface area contributed by atoms with Gasteiger partial charge in [0.1, 0.15) is 11.6 Å². The summed E-state index contributed by atoms with van der Waals surface area (Å²) in [7, 11) is -1.41. The van der Waals surface area contributed by atoms with Crippen LogP contribution in [0.15, 0.2) is 53.4 Å². The third kappa shape index (κ3) is 4.25. The highest BCUT2D eigenvalue weighted by atomic mass is 35.5. The Kier molecular flexibility index (Phi) is 5.04. The van der Waals surface area contributed by atoms with Crippen molar-refractivity contribution >= 4 is 28.2 Å². The van der Waals surface area contributed by atoms with Gasteiger partial charge in [0, 0.05) is 16.3 Å². The van der Waals surface area contributed by atoms with Gasteiger partial charge in [-0.05, 0) is 35.9 Å². The van der Waals surface area contributed by atoms with Gasteiger partial charge >= 0.3 is 0 Å². The molecule has 2 rings (SSSR count). The molecule has 0 amide bonds. The van der Waals surface area contributed by atoms with Crippen LogP contribution in [0, 0.1) is 5.82 Å². The van der Waals surface area contributed by atoms with E-state index in [-0.39, 0.29) is 23.8 Å². The van der Waals surface area contributed by atoms with Crippen LogP contribution in [0.3, 0.4) is 0 Å². The third-order valence-corrected chi connectivity index (χ3v) is 4.26. The number of carbonyl (C=O) groups excluding carboxylic acids is 1. The Balaban J connectivity index is 1.97. The average Bonchev–Trinajstić information content (AvgIpc) is 2.41. The van der Waals surface area contributed by atoms with E-state index >= 15 is 0 Å². The first-order valence-electron chi connectivity index (χ1n) is 5.94. The summed E-state index contributed by atoms with van der Waals surface area (Å²) in [5.41, 5.74) is 0.708. The first-order chi connectivity index (χ1) is 9.54. The predicted molar refractivity (Wildman–Crippen MR) is 77.8 cm³/mol. The van der Waals surface area contributed by atoms with Crippen molar-refractivity contribution in [2.24, 2.45) is 0 Å². The molecular formula is C15H12ClFO2S. The quantitative estimate of drug-likeness (QED) is 0.848. The van der Waals surface area contributed by atoms with Crippen LogP contribution in [0.5, 0.6) is 0 Å². The first-order valence-corrected chi connectivity index (χ1v) is 7.64. The molecule has 104 valence electrons. The molecule has 2 aromatic carbocycles. The lowest BCUT2D eigenvalue weighted by atomic mass is 10.1. The van der Waals surface area contributed by atoms with E-state index in [9.17, 15) is 13.4 Å². The van der Waals surface area contributed by atoms with E-state index in [2.05, 4.69) is 0 Å². The predicted octanol–water partition coefficient (Wildman–Crippen LogP) is 3.40. The largest absolute Gasteiger partial charge is 0.298 e. The van der Waals surface area contributed by atoms with Crippen LogP contribution >= 0.6 is 11.6 Å².